The number of fused-ring (bicyclic) bond motifs is 1. The molecule has 13 heteroatoms. The van der Waals surface area contributed by atoms with E-state index in [1.807, 2.05) is 20.8 Å². The third kappa shape index (κ3) is 7.72. The van der Waals surface area contributed by atoms with E-state index in [1.54, 1.807) is 4.90 Å². The van der Waals surface area contributed by atoms with E-state index in [0.29, 0.717) is 44.6 Å². The number of likely N-dealkylation sites (tertiary alicyclic amines) is 1. The van der Waals surface area contributed by atoms with Crippen molar-refractivity contribution in [3.63, 3.8) is 0 Å². The number of hydrogen-bond acceptors (Lipinski definition) is 7. The van der Waals surface area contributed by atoms with Crippen molar-refractivity contribution in [1.29, 1.82) is 0 Å². The number of Topliss-reactive ketones (excluding diaryl/α,β-unsaturated/α-hetero) is 1. The number of ketones is 1. The molecule has 6 aliphatic rings. The van der Waals surface area contributed by atoms with E-state index in [0.717, 1.165) is 57.8 Å². The molecule has 6 rings (SSSR count). The zero-order valence-corrected chi connectivity index (χ0v) is 31.5. The van der Waals surface area contributed by atoms with Gasteiger partial charge in [0.25, 0.3) is 5.91 Å². The first-order valence-corrected chi connectivity index (χ1v) is 20.9. The zero-order valence-electron chi connectivity index (χ0n) is 30.6. The average Bonchev–Trinajstić information content (AvgIpc) is 4.00. The number of sulfone groups is 1. The van der Waals surface area contributed by atoms with Crippen molar-refractivity contribution in [2.24, 2.45) is 28.6 Å². The highest BCUT2D eigenvalue weighted by atomic mass is 32.2. The van der Waals surface area contributed by atoms with Crippen LogP contribution in [0, 0.1) is 28.6 Å². The summed E-state index contributed by atoms with van der Waals surface area (Å²) in [5.41, 5.74) is -1.81. The van der Waals surface area contributed by atoms with Gasteiger partial charge in [-0.1, -0.05) is 73.1 Å². The molecule has 2 heterocycles. The van der Waals surface area contributed by atoms with Crippen LogP contribution in [0.15, 0.2) is 0 Å². The van der Waals surface area contributed by atoms with E-state index in [1.165, 1.54) is 0 Å². The van der Waals surface area contributed by atoms with Gasteiger partial charge in [-0.15, -0.1) is 0 Å². The van der Waals surface area contributed by atoms with E-state index in [2.05, 4.69) is 35.1 Å². The fourth-order valence-electron chi connectivity index (χ4n) is 9.28. The SMILES string of the molecule is CC(C)(C)[C@H](NC(=O)NC1([C@H]2CCCCS2(=O)=O)CCCCC1)C(=O)N1C[C@H]2[C@@H]([C@H]1C(=O)NC(CCC1CC1)C(=O)C(=O)NC1CC1)C2(C)C. The minimum Gasteiger partial charge on any atom is -0.347 e. The summed E-state index contributed by atoms with van der Waals surface area (Å²) >= 11 is 0. The Balaban J connectivity index is 1.19. The maximum absolute atomic E-state index is 14.6. The Morgan fingerprint density at radius 1 is 0.880 bits per heavy atom. The van der Waals surface area contributed by atoms with E-state index < -0.39 is 67.8 Å². The van der Waals surface area contributed by atoms with E-state index in [-0.39, 0.29) is 35.0 Å². The first-order valence-electron chi connectivity index (χ1n) is 19.2. The molecule has 2 aliphatic heterocycles. The number of carbonyl (C=O) groups is 5. The van der Waals surface area contributed by atoms with Gasteiger partial charge in [-0.25, -0.2) is 13.2 Å². The zero-order chi connectivity index (χ0) is 36.2. The Morgan fingerprint density at radius 2 is 1.56 bits per heavy atom. The van der Waals surface area contributed by atoms with Gasteiger partial charge in [0.1, 0.15) is 12.1 Å². The highest BCUT2D eigenvalue weighted by Gasteiger charge is 2.70. The van der Waals surface area contributed by atoms with Crippen LogP contribution in [0.4, 0.5) is 4.79 Å². The molecule has 4 aliphatic carbocycles. The van der Waals surface area contributed by atoms with Crippen LogP contribution < -0.4 is 21.3 Å². The van der Waals surface area contributed by atoms with E-state index in [4.69, 9.17) is 0 Å². The van der Waals surface area contributed by atoms with Crippen LogP contribution in [0.5, 0.6) is 0 Å². The largest absolute Gasteiger partial charge is 0.347 e. The van der Waals surface area contributed by atoms with Crippen molar-refractivity contribution in [2.45, 2.75) is 159 Å². The third-order valence-electron chi connectivity index (χ3n) is 12.8. The van der Waals surface area contributed by atoms with Crippen molar-refractivity contribution in [3.05, 3.63) is 0 Å². The molecule has 0 aromatic carbocycles. The number of nitrogens with one attached hydrogen (secondary N) is 4. The number of nitrogens with zero attached hydrogens (tertiary/aromatic N) is 1. The first-order chi connectivity index (χ1) is 23.4. The van der Waals surface area contributed by atoms with Crippen LogP contribution >= 0.6 is 0 Å². The van der Waals surface area contributed by atoms with Gasteiger partial charge in [0, 0.05) is 12.6 Å². The van der Waals surface area contributed by atoms with Gasteiger partial charge < -0.3 is 26.2 Å². The second-order valence-electron chi connectivity index (χ2n) is 18.0. The maximum Gasteiger partial charge on any atom is 0.315 e. The van der Waals surface area contributed by atoms with Gasteiger partial charge in [0.2, 0.25) is 17.6 Å². The molecule has 0 aromatic heterocycles. The van der Waals surface area contributed by atoms with Gasteiger partial charge in [0.05, 0.1) is 22.6 Å². The summed E-state index contributed by atoms with van der Waals surface area (Å²) in [6, 6.07) is -3.37. The molecule has 6 atom stereocenters. The number of carbonyl (C=O) groups excluding carboxylic acids is 5. The normalized spacial score (nSPS) is 30.6. The summed E-state index contributed by atoms with van der Waals surface area (Å²) in [6.45, 7) is 10.1. The standard InChI is InChI=1S/C37H59N5O7S/c1-35(2,3)30(40-34(47)41-37(18-8-6-9-19-37)26-11-7-10-20-50(26,48)49)33(46)42-21-24-27(36(24,4)5)28(42)31(44)39-25(17-14-22-12-13-22)29(43)32(45)38-23-15-16-23/h22-28,30H,6-21H2,1-5H3,(H,38,45)(H,39,44)(H2,40,41,47)/t24-,25?,26+,27-,28-,30+/m0/s1. The number of amides is 5. The van der Waals surface area contributed by atoms with Crippen molar-refractivity contribution in [1.82, 2.24) is 26.2 Å². The third-order valence-corrected chi connectivity index (χ3v) is 15.2. The van der Waals surface area contributed by atoms with Crippen LogP contribution in [-0.4, -0.2) is 90.1 Å². The summed E-state index contributed by atoms with van der Waals surface area (Å²) in [4.78, 5) is 70.3. The summed E-state index contributed by atoms with van der Waals surface area (Å²) in [6.07, 6.45) is 10.7. The number of urea groups is 1. The molecule has 50 heavy (non-hydrogen) atoms. The van der Waals surface area contributed by atoms with E-state index >= 15 is 0 Å². The Labute approximate surface area is 297 Å². The maximum atomic E-state index is 14.6. The van der Waals surface area contributed by atoms with Crippen LogP contribution in [0.3, 0.4) is 0 Å². The smallest absolute Gasteiger partial charge is 0.315 e. The predicted octanol–water partition coefficient (Wildman–Crippen LogP) is 3.38. The first kappa shape index (κ1) is 37.1. The molecule has 5 amide bonds. The fourth-order valence-corrected chi connectivity index (χ4v) is 11.7. The Bertz CT molecular complexity index is 1470. The van der Waals surface area contributed by atoms with Gasteiger partial charge in [-0.05, 0) is 80.0 Å². The molecule has 280 valence electrons. The highest BCUT2D eigenvalue weighted by molar-refractivity contribution is 7.92. The van der Waals surface area contributed by atoms with Gasteiger partial charge in [-0.2, -0.15) is 0 Å². The molecule has 0 bridgehead atoms. The quantitative estimate of drug-likeness (QED) is 0.224. The Hall–Kier alpha value is -2.70. The summed E-state index contributed by atoms with van der Waals surface area (Å²) in [5, 5.41) is 11.1. The average molecular weight is 718 g/mol. The second kappa shape index (κ2) is 13.7. The molecule has 4 saturated carbocycles. The lowest BCUT2D eigenvalue weighted by molar-refractivity contribution is -0.145. The fraction of sp³-hybridized carbons (Fsp3) is 0.865. The molecule has 2 saturated heterocycles. The summed E-state index contributed by atoms with van der Waals surface area (Å²) in [5.74, 6) is -1.55. The minimum absolute atomic E-state index is 0.0151. The van der Waals surface area contributed by atoms with Crippen LogP contribution in [0.1, 0.15) is 125 Å². The van der Waals surface area contributed by atoms with Gasteiger partial charge in [-0.3, -0.25) is 19.2 Å². The van der Waals surface area contributed by atoms with Crippen molar-refractivity contribution < 1.29 is 32.4 Å². The highest BCUT2D eigenvalue weighted by Crippen LogP contribution is 2.65. The Kier molecular flexibility index (Phi) is 10.2. The lowest BCUT2D eigenvalue weighted by Crippen LogP contribution is -2.66. The summed E-state index contributed by atoms with van der Waals surface area (Å²) in [7, 11) is -3.38. The molecule has 0 radical (unpaired) electrons. The molecule has 0 aromatic rings. The number of hydrogen-bond donors (Lipinski definition) is 4. The van der Waals surface area contributed by atoms with Gasteiger partial charge in [0.15, 0.2) is 9.84 Å². The molecule has 4 N–H and O–H groups in total. The Morgan fingerprint density at radius 3 is 2.16 bits per heavy atom. The monoisotopic (exact) mass is 717 g/mol. The molecular weight excluding hydrogens is 659 g/mol. The molecular formula is C37H59N5O7S. The number of rotatable bonds is 12. The topological polar surface area (TPSA) is 171 Å². The van der Waals surface area contributed by atoms with Crippen molar-refractivity contribution in [2.75, 3.05) is 12.3 Å². The van der Waals surface area contributed by atoms with Crippen LogP contribution in [-0.2, 0) is 29.0 Å². The van der Waals surface area contributed by atoms with Crippen molar-refractivity contribution in [3.8, 4) is 0 Å². The molecule has 1 unspecified atom stereocenters. The molecule has 12 nitrogen and oxygen atoms in total. The summed E-state index contributed by atoms with van der Waals surface area (Å²) < 4.78 is 26.6. The van der Waals surface area contributed by atoms with E-state index in [9.17, 15) is 32.4 Å². The predicted molar refractivity (Wildman–Crippen MR) is 188 cm³/mol. The lowest BCUT2D eigenvalue weighted by Gasteiger charge is -2.45. The second-order valence-corrected chi connectivity index (χ2v) is 20.4. The van der Waals surface area contributed by atoms with Gasteiger partial charge >= 0.3 is 6.03 Å². The minimum atomic E-state index is -3.38. The molecule has 0 spiro atoms. The lowest BCUT2D eigenvalue weighted by atomic mass is 9.77. The molecule has 6 fully saturated rings. The van der Waals surface area contributed by atoms with Crippen LogP contribution in [0.2, 0.25) is 0 Å². The van der Waals surface area contributed by atoms with Crippen molar-refractivity contribution >= 4 is 39.4 Å². The number of piperidine rings is 1. The van der Waals surface area contributed by atoms with Crippen LogP contribution in [0.25, 0.3) is 0 Å².